The third-order valence-corrected chi connectivity index (χ3v) is 2.20. The molecule has 0 bridgehead atoms. The van der Waals surface area contributed by atoms with Crippen LogP contribution in [0.4, 0.5) is 0 Å². The second-order valence-electron chi connectivity index (χ2n) is 3.62. The minimum absolute atomic E-state index is 0.648. The Balaban J connectivity index is 2.03. The summed E-state index contributed by atoms with van der Waals surface area (Å²) in [6.07, 6.45) is 1.52. The molecule has 0 heterocycles. The molecule has 2 aromatic rings. The Morgan fingerprint density at radius 1 is 0.842 bits per heavy atom. The molecule has 0 atom stereocenters. The molecule has 0 unspecified atom stereocenters. The molecule has 0 spiro atoms. The monoisotopic (exact) mass is 257 g/mol. The third kappa shape index (κ3) is 4.35. The first kappa shape index (κ1) is 13.0. The lowest BCUT2D eigenvalue weighted by Crippen LogP contribution is -2.25. The molecular weight excluding hydrogens is 242 g/mol. The maximum Gasteiger partial charge on any atom is 0.427 e. The van der Waals surface area contributed by atoms with E-state index < -0.39 is 6.48 Å². The Morgan fingerprint density at radius 3 is 1.74 bits per heavy atom. The number of rotatable bonds is 6. The highest BCUT2D eigenvalue weighted by Gasteiger charge is 2.13. The average Bonchev–Trinajstić information content (AvgIpc) is 2.47. The molecule has 0 aliphatic rings. The molecule has 0 radical (unpaired) electrons. The van der Waals surface area contributed by atoms with Crippen molar-refractivity contribution in [1.29, 1.82) is 0 Å². The topological polar surface area (TPSA) is 40.0 Å². The molecular formula is C15H15NO3. The summed E-state index contributed by atoms with van der Waals surface area (Å²) in [6.45, 7) is 0.822. The van der Waals surface area contributed by atoms with Crippen molar-refractivity contribution in [3.8, 4) is 11.5 Å². The van der Waals surface area contributed by atoms with Crippen molar-refractivity contribution in [2.24, 2.45) is 5.16 Å². The quantitative estimate of drug-likeness (QED) is 0.452. The zero-order chi connectivity index (χ0) is 13.3. The fourth-order valence-corrected chi connectivity index (χ4v) is 1.40. The second-order valence-corrected chi connectivity index (χ2v) is 3.62. The SMILES string of the molecule is CC=NOC(Oc1ccccc1)Oc1ccccc1. The Kier molecular flexibility index (Phi) is 4.81. The molecule has 0 amide bonds. The summed E-state index contributed by atoms with van der Waals surface area (Å²) in [5.41, 5.74) is 0. The normalized spacial score (nSPS) is 10.6. The molecule has 2 rings (SSSR count). The van der Waals surface area contributed by atoms with E-state index in [2.05, 4.69) is 5.16 Å². The van der Waals surface area contributed by atoms with E-state index in [1.807, 2.05) is 60.7 Å². The fourth-order valence-electron chi connectivity index (χ4n) is 1.40. The summed E-state index contributed by atoms with van der Waals surface area (Å²) in [5.74, 6) is 1.30. The van der Waals surface area contributed by atoms with Crippen LogP contribution in [0.5, 0.6) is 11.5 Å². The summed E-state index contributed by atoms with van der Waals surface area (Å²) in [5, 5.41) is 3.69. The van der Waals surface area contributed by atoms with Crippen molar-refractivity contribution in [2.45, 2.75) is 13.4 Å². The molecule has 4 heteroatoms. The van der Waals surface area contributed by atoms with Crippen LogP contribution in [0.15, 0.2) is 65.8 Å². The summed E-state index contributed by atoms with van der Waals surface area (Å²) in [7, 11) is 0. The molecule has 0 saturated heterocycles. The first-order chi connectivity index (χ1) is 9.38. The summed E-state index contributed by atoms with van der Waals surface area (Å²) < 4.78 is 11.1. The molecule has 4 nitrogen and oxygen atoms in total. The molecule has 0 aromatic heterocycles. The number of nitrogens with zero attached hydrogens (tertiary/aromatic N) is 1. The first-order valence-corrected chi connectivity index (χ1v) is 5.95. The van der Waals surface area contributed by atoms with Crippen molar-refractivity contribution in [2.75, 3.05) is 0 Å². The minimum Gasteiger partial charge on any atom is -0.422 e. The number of benzene rings is 2. The zero-order valence-corrected chi connectivity index (χ0v) is 10.6. The lowest BCUT2D eigenvalue weighted by molar-refractivity contribution is -0.198. The van der Waals surface area contributed by atoms with Crippen LogP contribution in [0.25, 0.3) is 0 Å². The van der Waals surface area contributed by atoms with E-state index in [4.69, 9.17) is 14.3 Å². The number of hydrogen-bond acceptors (Lipinski definition) is 4. The highest BCUT2D eigenvalue weighted by molar-refractivity contribution is 5.52. The van der Waals surface area contributed by atoms with Crippen LogP contribution in [0.2, 0.25) is 0 Å². The van der Waals surface area contributed by atoms with Gasteiger partial charge in [-0.25, -0.2) is 0 Å². The van der Waals surface area contributed by atoms with Gasteiger partial charge in [0, 0.05) is 6.21 Å². The third-order valence-electron chi connectivity index (χ3n) is 2.20. The maximum atomic E-state index is 5.56. The van der Waals surface area contributed by atoms with Crippen LogP contribution in [-0.4, -0.2) is 12.7 Å². The average molecular weight is 257 g/mol. The van der Waals surface area contributed by atoms with Crippen molar-refractivity contribution >= 4 is 6.21 Å². The van der Waals surface area contributed by atoms with E-state index in [1.165, 1.54) is 6.21 Å². The van der Waals surface area contributed by atoms with Gasteiger partial charge in [0.15, 0.2) is 0 Å². The highest BCUT2D eigenvalue weighted by Crippen LogP contribution is 2.16. The second kappa shape index (κ2) is 7.06. The van der Waals surface area contributed by atoms with E-state index >= 15 is 0 Å². The molecule has 0 saturated carbocycles. The number of oxime groups is 1. The number of hydrogen-bond donors (Lipinski definition) is 0. The predicted octanol–water partition coefficient (Wildman–Crippen LogP) is 3.45. The molecule has 0 aliphatic carbocycles. The van der Waals surface area contributed by atoms with E-state index in [0.29, 0.717) is 11.5 Å². The molecule has 0 fully saturated rings. The number of para-hydroxylation sites is 2. The molecule has 98 valence electrons. The van der Waals surface area contributed by atoms with Crippen molar-refractivity contribution < 1.29 is 14.3 Å². The van der Waals surface area contributed by atoms with Gasteiger partial charge in [0.05, 0.1) is 0 Å². The standard InChI is InChI=1S/C15H15NO3/c1-2-16-19-15(17-13-9-5-3-6-10-13)18-14-11-7-4-8-12-14/h2-12,15H,1H3. The lowest BCUT2D eigenvalue weighted by Gasteiger charge is -2.17. The van der Waals surface area contributed by atoms with Crippen LogP contribution >= 0.6 is 0 Å². The van der Waals surface area contributed by atoms with Gasteiger partial charge in [0.2, 0.25) is 0 Å². The van der Waals surface area contributed by atoms with Crippen LogP contribution in [0, 0.1) is 0 Å². The van der Waals surface area contributed by atoms with Gasteiger partial charge in [0.1, 0.15) is 11.5 Å². The fraction of sp³-hybridized carbons (Fsp3) is 0.133. The van der Waals surface area contributed by atoms with Gasteiger partial charge >= 0.3 is 6.48 Å². The number of ether oxygens (including phenoxy) is 2. The summed E-state index contributed by atoms with van der Waals surface area (Å²) in [6, 6.07) is 18.6. The molecule has 0 N–H and O–H groups in total. The van der Waals surface area contributed by atoms with E-state index in [0.717, 1.165) is 0 Å². The lowest BCUT2D eigenvalue weighted by atomic mass is 10.3. The Morgan fingerprint density at radius 2 is 1.32 bits per heavy atom. The maximum absolute atomic E-state index is 5.56. The van der Waals surface area contributed by atoms with E-state index in [1.54, 1.807) is 6.92 Å². The highest BCUT2D eigenvalue weighted by atomic mass is 16.9. The Hall–Kier alpha value is -2.49. The minimum atomic E-state index is -0.930. The van der Waals surface area contributed by atoms with Crippen molar-refractivity contribution in [3.05, 3.63) is 60.7 Å². The van der Waals surface area contributed by atoms with Crippen molar-refractivity contribution in [3.63, 3.8) is 0 Å². The largest absolute Gasteiger partial charge is 0.427 e. The molecule has 2 aromatic carbocycles. The smallest absolute Gasteiger partial charge is 0.422 e. The Bertz CT molecular complexity index is 458. The molecule has 19 heavy (non-hydrogen) atoms. The van der Waals surface area contributed by atoms with Gasteiger partial charge in [-0.3, -0.25) is 0 Å². The zero-order valence-electron chi connectivity index (χ0n) is 10.6. The van der Waals surface area contributed by atoms with Gasteiger partial charge in [-0.2, -0.15) is 0 Å². The van der Waals surface area contributed by atoms with Crippen LogP contribution in [0.1, 0.15) is 6.92 Å². The summed E-state index contributed by atoms with van der Waals surface area (Å²) in [4.78, 5) is 5.12. The van der Waals surface area contributed by atoms with Gasteiger partial charge in [-0.15, -0.1) is 0 Å². The van der Waals surface area contributed by atoms with Crippen LogP contribution in [-0.2, 0) is 4.84 Å². The molecule has 0 aliphatic heterocycles. The Labute approximate surface area is 112 Å². The van der Waals surface area contributed by atoms with E-state index in [-0.39, 0.29) is 0 Å². The van der Waals surface area contributed by atoms with Gasteiger partial charge in [0.25, 0.3) is 0 Å². The van der Waals surface area contributed by atoms with Crippen LogP contribution < -0.4 is 9.47 Å². The van der Waals surface area contributed by atoms with Gasteiger partial charge < -0.3 is 14.3 Å². The summed E-state index contributed by atoms with van der Waals surface area (Å²) >= 11 is 0. The van der Waals surface area contributed by atoms with Gasteiger partial charge in [-0.05, 0) is 31.2 Å². The van der Waals surface area contributed by atoms with Crippen molar-refractivity contribution in [1.82, 2.24) is 0 Å². The van der Waals surface area contributed by atoms with Crippen LogP contribution in [0.3, 0.4) is 0 Å². The first-order valence-electron chi connectivity index (χ1n) is 5.95. The van der Waals surface area contributed by atoms with E-state index in [9.17, 15) is 0 Å². The predicted molar refractivity (Wildman–Crippen MR) is 73.2 cm³/mol. The van der Waals surface area contributed by atoms with Gasteiger partial charge in [-0.1, -0.05) is 41.6 Å².